The molecule has 92 valence electrons. The summed E-state index contributed by atoms with van der Waals surface area (Å²) < 4.78 is 27.6. The van der Waals surface area contributed by atoms with Crippen molar-refractivity contribution in [1.82, 2.24) is 0 Å². The van der Waals surface area contributed by atoms with Gasteiger partial charge in [0.25, 0.3) is 10.1 Å². The van der Waals surface area contributed by atoms with Crippen LogP contribution in [0.2, 0.25) is 0 Å². The van der Waals surface area contributed by atoms with Gasteiger partial charge in [-0.25, -0.2) is 0 Å². The fraction of sp³-hybridized carbons (Fsp3) is 0.500. The first-order chi connectivity index (χ1) is 7.38. The minimum atomic E-state index is -3.58. The van der Waals surface area contributed by atoms with Crippen LogP contribution >= 0.6 is 0 Å². The van der Waals surface area contributed by atoms with E-state index in [0.717, 1.165) is 16.7 Å². The summed E-state index contributed by atoms with van der Waals surface area (Å²) in [5.74, 6) is 0. The van der Waals surface area contributed by atoms with Gasteiger partial charge in [-0.05, 0) is 31.9 Å². The van der Waals surface area contributed by atoms with E-state index in [-0.39, 0.29) is 4.90 Å². The van der Waals surface area contributed by atoms with Crippen molar-refractivity contribution in [2.24, 2.45) is 0 Å². The maximum atomic E-state index is 11.5. The maximum absolute atomic E-state index is 11.5. The molecule has 0 bridgehead atoms. The lowest BCUT2D eigenvalue weighted by Crippen LogP contribution is -2.07. The van der Waals surface area contributed by atoms with Crippen LogP contribution in [0.15, 0.2) is 17.0 Å². The topological polar surface area (TPSA) is 43.4 Å². The highest BCUT2D eigenvalue weighted by Crippen LogP contribution is 2.22. The molecule has 0 aliphatic rings. The van der Waals surface area contributed by atoms with Crippen LogP contribution in [0.3, 0.4) is 0 Å². The predicted molar refractivity (Wildman–Crippen MR) is 66.2 cm³/mol. The molecule has 0 spiro atoms. The third-order valence-corrected chi connectivity index (χ3v) is 3.66. The lowest BCUT2D eigenvalue weighted by atomic mass is 10.1. The summed E-state index contributed by atoms with van der Waals surface area (Å²) in [7, 11) is -2.40. The third kappa shape index (κ3) is 3.32. The molecule has 0 saturated heterocycles. The van der Waals surface area contributed by atoms with Gasteiger partial charge in [-0.1, -0.05) is 31.5 Å². The lowest BCUT2D eigenvalue weighted by Gasteiger charge is -2.09. The second kappa shape index (κ2) is 6.01. The van der Waals surface area contributed by atoms with Crippen molar-refractivity contribution in [2.45, 2.75) is 39.5 Å². The molecule has 0 aliphatic carbocycles. The van der Waals surface area contributed by atoms with Gasteiger partial charge in [0.1, 0.15) is 0 Å². The Morgan fingerprint density at radius 2 is 1.38 bits per heavy atom. The largest absolute Gasteiger partial charge is 0.297 e. The Hall–Kier alpha value is -0.870. The van der Waals surface area contributed by atoms with Crippen LogP contribution < -0.4 is 0 Å². The summed E-state index contributed by atoms with van der Waals surface area (Å²) in [6.07, 6.45) is 0. The van der Waals surface area contributed by atoms with E-state index in [2.05, 4.69) is 4.18 Å². The maximum Gasteiger partial charge on any atom is 0.297 e. The Morgan fingerprint density at radius 1 is 1.00 bits per heavy atom. The quantitative estimate of drug-likeness (QED) is 0.751. The first-order valence-corrected chi connectivity index (χ1v) is 6.68. The molecule has 0 aliphatic heterocycles. The second-order valence-corrected chi connectivity index (χ2v) is 5.00. The minimum Gasteiger partial charge on any atom is -0.270 e. The Morgan fingerprint density at radius 3 is 1.69 bits per heavy atom. The van der Waals surface area contributed by atoms with Crippen molar-refractivity contribution in [3.8, 4) is 0 Å². The highest BCUT2D eigenvalue weighted by molar-refractivity contribution is 7.86. The first kappa shape index (κ1) is 15.1. The molecule has 1 aromatic carbocycles. The standard InChI is InChI=1S/C10H14O3S.C2H6/c1-7-5-8(2)10(9(3)6-7)14(11,12)13-4;1-2/h5-6H,1-4H3;1-2H3. The van der Waals surface area contributed by atoms with Gasteiger partial charge >= 0.3 is 0 Å². The monoisotopic (exact) mass is 244 g/mol. The molecule has 0 fully saturated rings. The van der Waals surface area contributed by atoms with Gasteiger partial charge in [-0.3, -0.25) is 4.18 Å². The zero-order valence-electron chi connectivity index (χ0n) is 10.8. The van der Waals surface area contributed by atoms with Crippen molar-refractivity contribution < 1.29 is 12.6 Å². The Bertz CT molecular complexity index is 424. The Kier molecular flexibility index (Phi) is 5.68. The van der Waals surface area contributed by atoms with E-state index in [1.54, 1.807) is 13.8 Å². The fourth-order valence-corrected chi connectivity index (χ4v) is 2.72. The third-order valence-electron chi connectivity index (χ3n) is 2.07. The highest BCUT2D eigenvalue weighted by atomic mass is 32.2. The molecule has 0 radical (unpaired) electrons. The molecule has 1 rings (SSSR count). The Labute approximate surface area is 98.6 Å². The van der Waals surface area contributed by atoms with Crippen LogP contribution in [-0.4, -0.2) is 15.5 Å². The van der Waals surface area contributed by atoms with Crippen LogP contribution in [0.4, 0.5) is 0 Å². The lowest BCUT2D eigenvalue weighted by molar-refractivity contribution is 0.397. The minimum absolute atomic E-state index is 0.283. The zero-order chi connectivity index (χ0) is 12.9. The molecule has 0 atom stereocenters. The molecule has 0 heterocycles. The number of hydrogen-bond acceptors (Lipinski definition) is 3. The Balaban J connectivity index is 0.00000106. The molecule has 3 nitrogen and oxygen atoms in total. The van der Waals surface area contributed by atoms with Crippen molar-refractivity contribution in [1.29, 1.82) is 0 Å². The molecule has 4 heteroatoms. The predicted octanol–water partition coefficient (Wildman–Crippen LogP) is 2.97. The molecule has 16 heavy (non-hydrogen) atoms. The van der Waals surface area contributed by atoms with Crippen molar-refractivity contribution in [3.05, 3.63) is 28.8 Å². The van der Waals surface area contributed by atoms with E-state index in [9.17, 15) is 8.42 Å². The second-order valence-electron chi connectivity index (χ2n) is 3.35. The van der Waals surface area contributed by atoms with Crippen LogP contribution in [0, 0.1) is 20.8 Å². The summed E-state index contributed by atoms with van der Waals surface area (Å²) in [5, 5.41) is 0. The highest BCUT2D eigenvalue weighted by Gasteiger charge is 2.18. The molecule has 0 aromatic heterocycles. The van der Waals surface area contributed by atoms with Gasteiger partial charge in [0.2, 0.25) is 0 Å². The van der Waals surface area contributed by atoms with Crippen LogP contribution in [-0.2, 0) is 14.3 Å². The molecule has 0 amide bonds. The van der Waals surface area contributed by atoms with E-state index >= 15 is 0 Å². The summed E-state index contributed by atoms with van der Waals surface area (Å²) in [4.78, 5) is 0.283. The van der Waals surface area contributed by atoms with Gasteiger partial charge in [-0.15, -0.1) is 0 Å². The van der Waals surface area contributed by atoms with Crippen LogP contribution in [0.25, 0.3) is 0 Å². The van der Waals surface area contributed by atoms with E-state index < -0.39 is 10.1 Å². The van der Waals surface area contributed by atoms with Gasteiger partial charge in [-0.2, -0.15) is 8.42 Å². The smallest absolute Gasteiger partial charge is 0.270 e. The van der Waals surface area contributed by atoms with E-state index in [1.165, 1.54) is 7.11 Å². The number of aryl methyl sites for hydroxylation is 3. The summed E-state index contributed by atoms with van der Waals surface area (Å²) >= 11 is 0. The summed E-state index contributed by atoms with van der Waals surface area (Å²) in [6.45, 7) is 9.47. The number of benzene rings is 1. The van der Waals surface area contributed by atoms with Gasteiger partial charge in [0.05, 0.1) is 12.0 Å². The van der Waals surface area contributed by atoms with Crippen LogP contribution in [0.1, 0.15) is 30.5 Å². The average Bonchev–Trinajstić information content (AvgIpc) is 2.18. The SMILES string of the molecule is CC.COS(=O)(=O)c1c(C)cc(C)cc1C. The summed E-state index contributed by atoms with van der Waals surface area (Å²) in [6, 6.07) is 3.66. The van der Waals surface area contributed by atoms with Gasteiger partial charge in [0, 0.05) is 0 Å². The number of rotatable bonds is 2. The van der Waals surface area contributed by atoms with E-state index in [4.69, 9.17) is 0 Å². The van der Waals surface area contributed by atoms with Crippen molar-refractivity contribution in [2.75, 3.05) is 7.11 Å². The van der Waals surface area contributed by atoms with Gasteiger partial charge in [0.15, 0.2) is 0 Å². The molecule has 0 saturated carbocycles. The van der Waals surface area contributed by atoms with Gasteiger partial charge < -0.3 is 0 Å². The molecule has 1 aromatic rings. The normalized spacial score (nSPS) is 10.6. The molecule has 0 unspecified atom stereocenters. The van der Waals surface area contributed by atoms with Crippen molar-refractivity contribution >= 4 is 10.1 Å². The van der Waals surface area contributed by atoms with Crippen LogP contribution in [0.5, 0.6) is 0 Å². The first-order valence-electron chi connectivity index (χ1n) is 5.27. The zero-order valence-corrected chi connectivity index (χ0v) is 11.6. The van der Waals surface area contributed by atoms with E-state index in [0.29, 0.717) is 0 Å². The molecule has 0 N–H and O–H groups in total. The van der Waals surface area contributed by atoms with E-state index in [1.807, 2.05) is 32.9 Å². The average molecular weight is 244 g/mol. The van der Waals surface area contributed by atoms with Crippen molar-refractivity contribution in [3.63, 3.8) is 0 Å². The molecular formula is C12H20O3S. The summed E-state index contributed by atoms with van der Waals surface area (Å²) in [5.41, 5.74) is 2.50. The fourth-order valence-electron chi connectivity index (χ4n) is 1.64. The number of hydrogen-bond donors (Lipinski definition) is 0. The molecular weight excluding hydrogens is 224 g/mol.